The zero-order chi connectivity index (χ0) is 22.9. The minimum absolute atomic E-state index is 0.304. The second-order valence-electron chi connectivity index (χ2n) is 6.64. The van der Waals surface area contributed by atoms with Crippen molar-refractivity contribution in [1.29, 1.82) is 0 Å². The van der Waals surface area contributed by atoms with Crippen molar-refractivity contribution in [2.24, 2.45) is 0 Å². The van der Waals surface area contributed by atoms with E-state index in [-0.39, 0.29) is 0 Å². The molecule has 0 radical (unpaired) electrons. The van der Waals surface area contributed by atoms with Crippen LogP contribution in [0.4, 0.5) is 0 Å². The molecule has 3 aromatic carbocycles. The zero-order valence-electron chi connectivity index (χ0n) is 18.0. The molecule has 164 valence electrons. The number of hydrazine groups is 1. The van der Waals surface area contributed by atoms with Crippen LogP contribution >= 0.6 is 0 Å². The summed E-state index contributed by atoms with van der Waals surface area (Å²) < 4.78 is 15.8. The summed E-state index contributed by atoms with van der Waals surface area (Å²) in [5.41, 5.74) is 7.02. The van der Waals surface area contributed by atoms with E-state index in [4.69, 9.17) is 14.2 Å². The molecule has 7 heteroatoms. The number of hydrogen-bond acceptors (Lipinski definition) is 5. The minimum Gasteiger partial charge on any atom is -0.496 e. The fourth-order valence-corrected chi connectivity index (χ4v) is 3.07. The van der Waals surface area contributed by atoms with Crippen molar-refractivity contribution in [3.8, 4) is 17.2 Å². The molecule has 0 bridgehead atoms. The van der Waals surface area contributed by atoms with E-state index >= 15 is 0 Å². The Labute approximate surface area is 186 Å². The van der Waals surface area contributed by atoms with Crippen LogP contribution in [0.5, 0.6) is 17.2 Å². The lowest BCUT2D eigenvalue weighted by molar-refractivity contribution is -0.116. The van der Waals surface area contributed by atoms with Crippen LogP contribution in [0, 0.1) is 0 Å². The van der Waals surface area contributed by atoms with Crippen LogP contribution < -0.4 is 25.1 Å². The summed E-state index contributed by atoms with van der Waals surface area (Å²) in [5.74, 6) is 0.565. The summed E-state index contributed by atoms with van der Waals surface area (Å²) in [6.07, 6.45) is 1.71. The standard InChI is InChI=1S/C25H24N2O5/c1-30-21-12-8-7-11-18(21)15-20(17-9-5-4-6-10-17)25(29)27-26-24(28)19-13-14-22(31-2)23(16-19)32-3/h4-16H,1-3H3,(H,26,28)(H,27,29)/b20-15+. The van der Waals surface area contributed by atoms with Gasteiger partial charge in [-0.1, -0.05) is 48.5 Å². The highest BCUT2D eigenvalue weighted by Gasteiger charge is 2.16. The topological polar surface area (TPSA) is 85.9 Å². The lowest BCUT2D eigenvalue weighted by Gasteiger charge is -2.13. The van der Waals surface area contributed by atoms with E-state index in [1.807, 2.05) is 54.6 Å². The molecule has 0 saturated carbocycles. The number of benzene rings is 3. The molecule has 7 nitrogen and oxygen atoms in total. The molecule has 0 fully saturated rings. The number of nitrogens with one attached hydrogen (secondary N) is 2. The quantitative estimate of drug-likeness (QED) is 0.338. The molecule has 32 heavy (non-hydrogen) atoms. The van der Waals surface area contributed by atoms with E-state index in [0.29, 0.717) is 33.9 Å². The Kier molecular flexibility index (Phi) is 7.48. The van der Waals surface area contributed by atoms with Crippen LogP contribution in [-0.4, -0.2) is 33.1 Å². The van der Waals surface area contributed by atoms with Crippen LogP contribution in [-0.2, 0) is 4.79 Å². The van der Waals surface area contributed by atoms with Crippen LogP contribution in [0.2, 0.25) is 0 Å². The lowest BCUT2D eigenvalue weighted by Crippen LogP contribution is -2.42. The average Bonchev–Trinajstić information content (AvgIpc) is 2.85. The number of carbonyl (C=O) groups is 2. The van der Waals surface area contributed by atoms with E-state index in [2.05, 4.69) is 10.9 Å². The molecule has 0 aliphatic heterocycles. The molecule has 0 unspecified atom stereocenters. The van der Waals surface area contributed by atoms with Gasteiger partial charge in [0, 0.05) is 16.7 Å². The first-order valence-electron chi connectivity index (χ1n) is 9.80. The van der Waals surface area contributed by atoms with Crippen molar-refractivity contribution < 1.29 is 23.8 Å². The van der Waals surface area contributed by atoms with E-state index < -0.39 is 11.8 Å². The summed E-state index contributed by atoms with van der Waals surface area (Å²) in [4.78, 5) is 25.6. The maximum atomic E-state index is 13.0. The normalized spacial score (nSPS) is 10.8. The molecular weight excluding hydrogens is 408 g/mol. The van der Waals surface area contributed by atoms with Gasteiger partial charge in [-0.15, -0.1) is 0 Å². The van der Waals surface area contributed by atoms with Crippen LogP contribution in [0.25, 0.3) is 11.6 Å². The molecule has 0 saturated heterocycles. The molecule has 0 atom stereocenters. The maximum absolute atomic E-state index is 13.0. The third-order valence-electron chi connectivity index (χ3n) is 4.70. The third-order valence-corrected chi connectivity index (χ3v) is 4.70. The van der Waals surface area contributed by atoms with Gasteiger partial charge >= 0.3 is 0 Å². The van der Waals surface area contributed by atoms with Gasteiger partial charge in [0.15, 0.2) is 11.5 Å². The van der Waals surface area contributed by atoms with E-state index in [9.17, 15) is 9.59 Å². The van der Waals surface area contributed by atoms with Crippen molar-refractivity contribution in [3.63, 3.8) is 0 Å². The molecule has 0 heterocycles. The van der Waals surface area contributed by atoms with Gasteiger partial charge in [0.2, 0.25) is 0 Å². The van der Waals surface area contributed by atoms with Crippen molar-refractivity contribution in [3.05, 3.63) is 89.5 Å². The highest BCUT2D eigenvalue weighted by atomic mass is 16.5. The predicted molar refractivity (Wildman–Crippen MR) is 122 cm³/mol. The first kappa shape index (κ1) is 22.4. The number of methoxy groups -OCH3 is 3. The van der Waals surface area contributed by atoms with Gasteiger partial charge in [-0.25, -0.2) is 0 Å². The number of ether oxygens (including phenoxy) is 3. The second-order valence-corrected chi connectivity index (χ2v) is 6.64. The Morgan fingerprint density at radius 1 is 0.688 bits per heavy atom. The summed E-state index contributed by atoms with van der Waals surface area (Å²) in [5, 5.41) is 0. The second kappa shape index (κ2) is 10.7. The number of amides is 2. The number of rotatable bonds is 7. The molecule has 2 N–H and O–H groups in total. The van der Waals surface area contributed by atoms with Gasteiger partial charge in [0.25, 0.3) is 11.8 Å². The first-order valence-corrected chi connectivity index (χ1v) is 9.80. The van der Waals surface area contributed by atoms with Gasteiger partial charge < -0.3 is 14.2 Å². The Morgan fingerprint density at radius 3 is 2.03 bits per heavy atom. The largest absolute Gasteiger partial charge is 0.496 e. The summed E-state index contributed by atoms with van der Waals surface area (Å²) >= 11 is 0. The summed E-state index contributed by atoms with van der Waals surface area (Å²) in [6, 6.07) is 21.2. The predicted octanol–water partition coefficient (Wildman–Crippen LogP) is 3.71. The van der Waals surface area contributed by atoms with Crippen molar-refractivity contribution in [2.45, 2.75) is 0 Å². The fourth-order valence-electron chi connectivity index (χ4n) is 3.07. The maximum Gasteiger partial charge on any atom is 0.270 e. The van der Waals surface area contributed by atoms with Crippen molar-refractivity contribution >= 4 is 23.5 Å². The third kappa shape index (κ3) is 5.26. The van der Waals surface area contributed by atoms with Crippen molar-refractivity contribution in [1.82, 2.24) is 10.9 Å². The highest BCUT2D eigenvalue weighted by molar-refractivity contribution is 6.24. The van der Waals surface area contributed by atoms with Gasteiger partial charge in [0.05, 0.1) is 21.3 Å². The van der Waals surface area contributed by atoms with Crippen molar-refractivity contribution in [2.75, 3.05) is 21.3 Å². The fraction of sp³-hybridized carbons (Fsp3) is 0.120. The molecule has 0 spiro atoms. The Morgan fingerprint density at radius 2 is 1.34 bits per heavy atom. The van der Waals surface area contributed by atoms with Crippen LogP contribution in [0.15, 0.2) is 72.8 Å². The SMILES string of the molecule is COc1ccccc1/C=C(/C(=O)NNC(=O)c1ccc(OC)c(OC)c1)c1ccccc1. The molecule has 0 aliphatic carbocycles. The Balaban J connectivity index is 1.83. The van der Waals surface area contributed by atoms with Gasteiger partial charge in [0.1, 0.15) is 5.75 Å². The smallest absolute Gasteiger partial charge is 0.270 e. The van der Waals surface area contributed by atoms with Crippen LogP contribution in [0.1, 0.15) is 21.5 Å². The van der Waals surface area contributed by atoms with Crippen LogP contribution in [0.3, 0.4) is 0 Å². The molecule has 3 rings (SSSR count). The van der Waals surface area contributed by atoms with E-state index in [0.717, 1.165) is 5.56 Å². The van der Waals surface area contributed by atoms with Gasteiger partial charge in [-0.3, -0.25) is 20.4 Å². The minimum atomic E-state index is -0.496. The Hall–Kier alpha value is -4.26. The highest BCUT2D eigenvalue weighted by Crippen LogP contribution is 2.27. The summed E-state index contributed by atoms with van der Waals surface area (Å²) in [6.45, 7) is 0. The van der Waals surface area contributed by atoms with E-state index in [1.165, 1.54) is 20.3 Å². The molecule has 2 amide bonds. The number of hydrogen-bond donors (Lipinski definition) is 2. The van der Waals surface area contributed by atoms with Gasteiger partial charge in [-0.05, 0) is 35.9 Å². The van der Waals surface area contributed by atoms with E-state index in [1.54, 1.807) is 25.3 Å². The molecular formula is C25H24N2O5. The molecule has 0 aromatic heterocycles. The number of para-hydroxylation sites is 1. The number of carbonyl (C=O) groups excluding carboxylic acids is 2. The monoisotopic (exact) mass is 432 g/mol. The summed E-state index contributed by atoms with van der Waals surface area (Å²) in [7, 11) is 4.56. The average molecular weight is 432 g/mol. The lowest BCUT2D eigenvalue weighted by atomic mass is 10.0. The molecule has 0 aliphatic rings. The first-order chi connectivity index (χ1) is 15.6. The molecule has 3 aromatic rings. The zero-order valence-corrected chi connectivity index (χ0v) is 18.0. The van der Waals surface area contributed by atoms with Gasteiger partial charge in [-0.2, -0.15) is 0 Å². The Bertz CT molecular complexity index is 1130.